The molecule has 0 atom stereocenters. The molecule has 0 saturated carbocycles. The Labute approximate surface area is 236 Å². The summed E-state index contributed by atoms with van der Waals surface area (Å²) in [5.41, 5.74) is 0. The van der Waals surface area contributed by atoms with Gasteiger partial charge in [0.25, 0.3) is 0 Å². The van der Waals surface area contributed by atoms with E-state index in [4.69, 9.17) is 57.7 Å². The van der Waals surface area contributed by atoms with Crippen LogP contribution in [0.15, 0.2) is 0 Å². The maximum absolute atomic E-state index is 8.88. The standard InChI is InChI=1S/4Ca.3H3O4P.6H/c;;;;3*1-5(2,3)4;;;;;;/h;;;;3*(H3,1,2,3,4);;;;;;/q;3*+2;;;;6*-1. The van der Waals surface area contributed by atoms with Crippen molar-refractivity contribution in [1.29, 1.82) is 0 Å². The van der Waals surface area contributed by atoms with Gasteiger partial charge in [0, 0.05) is 37.7 Å². The molecule has 0 rings (SSSR count). The van der Waals surface area contributed by atoms with Crippen molar-refractivity contribution in [3.8, 4) is 0 Å². The van der Waals surface area contributed by atoms with E-state index in [-0.39, 0.29) is 160 Å². The van der Waals surface area contributed by atoms with Crippen LogP contribution in [0.2, 0.25) is 0 Å². The second-order valence-electron chi connectivity index (χ2n) is 1.54. The Kier molecular flexibility index (Phi) is 49.7. The zero-order chi connectivity index (χ0) is 13.5. The fourth-order valence-electron chi connectivity index (χ4n) is 0. The van der Waals surface area contributed by atoms with Crippen LogP contribution in [0.1, 0.15) is 8.56 Å². The maximum atomic E-state index is 8.88. The van der Waals surface area contributed by atoms with E-state index in [1.807, 2.05) is 0 Å². The maximum Gasteiger partial charge on any atom is 2.00 e. The monoisotopic (exact) mass is 460 g/mol. The second-order valence-corrected chi connectivity index (χ2v) is 4.62. The van der Waals surface area contributed by atoms with Crippen molar-refractivity contribution < 1.29 is 66.3 Å². The van der Waals surface area contributed by atoms with Crippen LogP contribution in [0.5, 0.6) is 0 Å². The van der Waals surface area contributed by atoms with Crippen LogP contribution in [-0.4, -0.2) is 195 Å². The van der Waals surface area contributed by atoms with Gasteiger partial charge in [-0.1, -0.05) is 0 Å². The molecule has 0 aliphatic carbocycles. The van der Waals surface area contributed by atoms with Crippen LogP contribution in [0, 0.1) is 0 Å². The first-order valence-corrected chi connectivity index (χ1v) is 7.04. The first-order chi connectivity index (χ1) is 6.00. The van der Waals surface area contributed by atoms with Crippen LogP contribution in [0.3, 0.4) is 0 Å². The summed E-state index contributed by atoms with van der Waals surface area (Å²) in [5, 5.41) is 0. The molecular formula is H15Ca4O12P3. The molecule has 0 saturated heterocycles. The SMILES string of the molecule is O=P(O)(O)O.O=P(O)(O)O.O=P(O)(O)O.[Ca+2].[Ca+2].[Ca+2].[Ca].[H-].[H-].[H-].[H-].[H-].[H-]. The zero-order valence-electron chi connectivity index (χ0n) is 15.4. The van der Waals surface area contributed by atoms with E-state index < -0.39 is 23.5 Å². The molecule has 0 aromatic heterocycles. The zero-order valence-corrected chi connectivity index (χ0v) is 20.9. The summed E-state index contributed by atoms with van der Waals surface area (Å²) in [4.78, 5) is 64.7. The van der Waals surface area contributed by atoms with Gasteiger partial charge < -0.3 is 52.6 Å². The molecule has 0 unspecified atom stereocenters. The van der Waals surface area contributed by atoms with E-state index in [0.29, 0.717) is 0 Å². The molecule has 0 aliphatic rings. The Morgan fingerprint density at radius 3 is 0.474 bits per heavy atom. The molecule has 19 heteroatoms. The summed E-state index contributed by atoms with van der Waals surface area (Å²) in [6, 6.07) is 0. The van der Waals surface area contributed by atoms with Crippen molar-refractivity contribution in [3.63, 3.8) is 0 Å². The first kappa shape index (κ1) is 44.1. The predicted molar refractivity (Wildman–Crippen MR) is 72.5 cm³/mol. The Hall–Kier alpha value is 5.37. The molecule has 0 aliphatic heterocycles. The minimum absolute atomic E-state index is 0. The van der Waals surface area contributed by atoms with Crippen LogP contribution < -0.4 is 0 Å². The molecule has 0 aromatic carbocycles. The third-order valence-corrected chi connectivity index (χ3v) is 0. The van der Waals surface area contributed by atoms with Crippen LogP contribution >= 0.6 is 23.5 Å². The summed E-state index contributed by atoms with van der Waals surface area (Å²) in [6.45, 7) is 0. The quantitative estimate of drug-likeness (QED) is 0.126. The molecule has 0 aromatic rings. The largest absolute Gasteiger partial charge is 2.00 e. The number of phosphoric acid groups is 3. The third-order valence-electron chi connectivity index (χ3n) is 0. The molecule has 0 fully saturated rings. The van der Waals surface area contributed by atoms with Gasteiger partial charge in [0.15, 0.2) is 0 Å². The molecule has 12 nitrogen and oxygen atoms in total. The van der Waals surface area contributed by atoms with E-state index in [9.17, 15) is 0 Å². The summed E-state index contributed by atoms with van der Waals surface area (Å²) in [6.07, 6.45) is 0. The van der Waals surface area contributed by atoms with Crippen molar-refractivity contribution >= 4 is 174 Å². The van der Waals surface area contributed by atoms with E-state index in [2.05, 4.69) is 0 Å². The average molecular weight is 460 g/mol. The molecule has 19 heavy (non-hydrogen) atoms. The third kappa shape index (κ3) is 370. The van der Waals surface area contributed by atoms with Gasteiger partial charge in [-0.3, -0.25) is 0 Å². The van der Waals surface area contributed by atoms with E-state index in [0.717, 1.165) is 0 Å². The fourth-order valence-corrected chi connectivity index (χ4v) is 0. The van der Waals surface area contributed by atoms with Crippen molar-refractivity contribution in [1.82, 2.24) is 0 Å². The Morgan fingerprint density at radius 1 is 0.474 bits per heavy atom. The molecule has 2 radical (unpaired) electrons. The van der Waals surface area contributed by atoms with Gasteiger partial charge in [-0.25, -0.2) is 13.7 Å². The minimum atomic E-state index is -4.64. The van der Waals surface area contributed by atoms with Crippen molar-refractivity contribution in [3.05, 3.63) is 0 Å². The molecule has 0 amide bonds. The molecule has 0 bridgehead atoms. The van der Waals surface area contributed by atoms with Crippen LogP contribution in [-0.2, 0) is 13.7 Å². The number of hydrogen-bond acceptors (Lipinski definition) is 3. The average Bonchev–Trinajstić information content (AvgIpc) is 1.41. The Balaban J connectivity index is -0.00000000655. The van der Waals surface area contributed by atoms with Crippen molar-refractivity contribution in [2.24, 2.45) is 0 Å². The number of hydrogen-bond donors (Lipinski definition) is 9. The molecule has 0 heterocycles. The van der Waals surface area contributed by atoms with E-state index >= 15 is 0 Å². The van der Waals surface area contributed by atoms with Gasteiger partial charge >= 0.3 is 137 Å². The Morgan fingerprint density at radius 2 is 0.474 bits per heavy atom. The summed E-state index contributed by atoms with van der Waals surface area (Å²) in [7, 11) is -13.9. The molecule has 9 N–H and O–H groups in total. The predicted octanol–water partition coefficient (Wildman–Crippen LogP) is -3.63. The number of rotatable bonds is 0. The topological polar surface area (TPSA) is 233 Å². The van der Waals surface area contributed by atoms with Crippen LogP contribution in [0.25, 0.3) is 0 Å². The molecule has 0 spiro atoms. The van der Waals surface area contributed by atoms with Gasteiger partial charge in [-0.15, -0.1) is 0 Å². The van der Waals surface area contributed by atoms with E-state index in [1.54, 1.807) is 0 Å². The minimum Gasteiger partial charge on any atom is -1.00 e. The van der Waals surface area contributed by atoms with Crippen molar-refractivity contribution in [2.75, 3.05) is 0 Å². The molecule has 110 valence electrons. The van der Waals surface area contributed by atoms with Crippen molar-refractivity contribution in [2.45, 2.75) is 0 Å². The molecular weight excluding hydrogens is 445 g/mol. The first-order valence-electron chi connectivity index (χ1n) is 2.35. The second kappa shape index (κ2) is 21.4. The van der Waals surface area contributed by atoms with Gasteiger partial charge in [0.1, 0.15) is 0 Å². The Bertz CT molecular complexity index is 231. The van der Waals surface area contributed by atoms with E-state index in [1.165, 1.54) is 0 Å². The fraction of sp³-hybridized carbons (Fsp3) is 0. The summed E-state index contributed by atoms with van der Waals surface area (Å²) < 4.78 is 26.6. The van der Waals surface area contributed by atoms with Gasteiger partial charge in [-0.2, -0.15) is 0 Å². The summed E-state index contributed by atoms with van der Waals surface area (Å²) >= 11 is 0. The normalized spacial score (nSPS) is 9.32. The smallest absolute Gasteiger partial charge is 1.00 e. The van der Waals surface area contributed by atoms with Gasteiger partial charge in [-0.05, 0) is 0 Å². The summed E-state index contributed by atoms with van der Waals surface area (Å²) in [5.74, 6) is 0. The van der Waals surface area contributed by atoms with Crippen LogP contribution in [0.4, 0.5) is 0 Å². The van der Waals surface area contributed by atoms with Gasteiger partial charge in [0.2, 0.25) is 0 Å². The van der Waals surface area contributed by atoms with Gasteiger partial charge in [0.05, 0.1) is 0 Å².